The summed E-state index contributed by atoms with van der Waals surface area (Å²) < 4.78 is 12.4. The lowest BCUT2D eigenvalue weighted by Gasteiger charge is -2.56. The van der Waals surface area contributed by atoms with Crippen molar-refractivity contribution in [2.24, 2.45) is 28.6 Å². The van der Waals surface area contributed by atoms with Gasteiger partial charge in [-0.2, -0.15) is 0 Å². The van der Waals surface area contributed by atoms with E-state index in [2.05, 4.69) is 32.2 Å². The summed E-state index contributed by atoms with van der Waals surface area (Å²) in [6.07, 6.45) is 11.4. The summed E-state index contributed by atoms with van der Waals surface area (Å²) in [7, 11) is 2.27. The van der Waals surface area contributed by atoms with Gasteiger partial charge in [-0.3, -0.25) is 14.6 Å². The van der Waals surface area contributed by atoms with Gasteiger partial charge in [0.05, 0.1) is 10.8 Å². The Labute approximate surface area is 237 Å². The maximum Gasteiger partial charge on any atom is 0.312 e. The summed E-state index contributed by atoms with van der Waals surface area (Å²) in [6, 6.07) is 6.02. The van der Waals surface area contributed by atoms with Crippen molar-refractivity contribution in [2.75, 3.05) is 0 Å². The maximum atomic E-state index is 14.2. The minimum absolute atomic E-state index is 0.0971. The third-order valence-electron chi connectivity index (χ3n) is 10.0. The van der Waals surface area contributed by atoms with Crippen molar-refractivity contribution in [3.05, 3.63) is 30.1 Å². The summed E-state index contributed by atoms with van der Waals surface area (Å²) in [5.74, 6) is 1.81. The summed E-state index contributed by atoms with van der Waals surface area (Å²) in [5, 5.41) is -0.260. The number of rotatable bonds is 11. The predicted octanol–water partition coefficient (Wildman–Crippen LogP) is 7.50. The second kappa shape index (κ2) is 10.9. The first kappa shape index (κ1) is 30.1. The number of aromatic nitrogens is 1. The molecule has 4 aliphatic rings. The van der Waals surface area contributed by atoms with Gasteiger partial charge in [-0.1, -0.05) is 32.7 Å². The normalized spacial score (nSPS) is 29.3. The smallest absolute Gasteiger partial charge is 0.312 e. The van der Waals surface area contributed by atoms with Crippen LogP contribution in [0.4, 0.5) is 0 Å². The van der Waals surface area contributed by atoms with Gasteiger partial charge in [-0.15, -0.1) is 0 Å². The van der Waals surface area contributed by atoms with Crippen LogP contribution in [-0.4, -0.2) is 35.4 Å². The second-order valence-corrected chi connectivity index (χ2v) is 15.3. The molecule has 5 rings (SSSR count). The van der Waals surface area contributed by atoms with Gasteiger partial charge in [0.15, 0.2) is 0 Å². The minimum Gasteiger partial charge on any atom is -0.460 e. The molecule has 0 spiro atoms. The zero-order valence-electron chi connectivity index (χ0n) is 25.8. The van der Waals surface area contributed by atoms with E-state index in [1.165, 1.54) is 19.3 Å². The van der Waals surface area contributed by atoms with E-state index >= 15 is 0 Å². The van der Waals surface area contributed by atoms with Gasteiger partial charge in [-0.05, 0) is 128 Å². The number of esters is 2. The molecule has 1 aromatic rings. The van der Waals surface area contributed by atoms with Crippen LogP contribution in [0.2, 0.25) is 6.32 Å². The van der Waals surface area contributed by atoms with Crippen molar-refractivity contribution in [1.82, 2.24) is 4.98 Å². The number of ether oxygens (including phenoxy) is 2. The monoisotopic (exact) mass is 536 g/mol. The third kappa shape index (κ3) is 6.90. The molecule has 4 aliphatic carbocycles. The van der Waals surface area contributed by atoms with E-state index < -0.39 is 16.4 Å². The van der Waals surface area contributed by atoms with Crippen LogP contribution < -0.4 is 0 Å². The Balaban J connectivity index is 1.54. The first-order valence-corrected chi connectivity index (χ1v) is 15.3. The number of hydrogen-bond acceptors (Lipinski definition) is 5. The number of carbonyl (C=O) groups is 2. The van der Waals surface area contributed by atoms with Gasteiger partial charge >= 0.3 is 11.9 Å². The molecule has 215 valence electrons. The highest BCUT2D eigenvalue weighted by Crippen LogP contribution is 2.57. The number of pyridine rings is 1. The van der Waals surface area contributed by atoms with E-state index in [-0.39, 0.29) is 22.9 Å². The molecule has 1 aromatic heterocycles. The molecule has 2 atom stereocenters. The standard InChI is InChI=1S/C33H51BNO4/c1-9-32(8,26-12-10-11-15-35-26)34-22-31(7,14-13-30(5,6)27(36)38-29(2,3)4)28(37)39-33-19-23-16-24(20-33)18-25(17-23)21-33/h10-12,15,23-25H,9,13-14,16-22H2,1-8H3. The lowest BCUT2D eigenvalue weighted by molar-refractivity contribution is -0.196. The highest BCUT2D eigenvalue weighted by atomic mass is 16.6. The van der Waals surface area contributed by atoms with Gasteiger partial charge in [0, 0.05) is 11.9 Å². The zero-order valence-corrected chi connectivity index (χ0v) is 25.8. The molecule has 4 saturated carbocycles. The highest BCUT2D eigenvalue weighted by molar-refractivity contribution is 6.40. The van der Waals surface area contributed by atoms with Gasteiger partial charge in [-0.25, -0.2) is 0 Å². The molecule has 0 saturated heterocycles. The van der Waals surface area contributed by atoms with Crippen LogP contribution in [0.3, 0.4) is 0 Å². The van der Waals surface area contributed by atoms with Crippen LogP contribution in [0.25, 0.3) is 0 Å². The Morgan fingerprint density at radius 1 is 0.923 bits per heavy atom. The van der Waals surface area contributed by atoms with E-state index in [4.69, 9.17) is 9.47 Å². The molecule has 6 heteroatoms. The fourth-order valence-electron chi connectivity index (χ4n) is 7.45. The molecule has 4 fully saturated rings. The van der Waals surface area contributed by atoms with Crippen molar-refractivity contribution in [2.45, 2.75) is 136 Å². The van der Waals surface area contributed by atoms with Crippen molar-refractivity contribution >= 4 is 19.2 Å². The van der Waals surface area contributed by atoms with E-state index in [1.54, 1.807) is 0 Å². The SMILES string of the molecule is CCC(C)([B]CC(C)(CCC(C)(C)C(=O)OC(C)(C)C)C(=O)OC12CC3CC(CC(C3)C1)C2)c1ccccn1. The lowest BCUT2D eigenvalue weighted by atomic mass is 9.44. The maximum absolute atomic E-state index is 14.2. The van der Waals surface area contributed by atoms with Crippen molar-refractivity contribution in [1.29, 1.82) is 0 Å². The van der Waals surface area contributed by atoms with E-state index in [1.807, 2.05) is 59.9 Å². The minimum atomic E-state index is -0.742. The molecule has 1 radical (unpaired) electrons. The molecule has 0 aliphatic heterocycles. The topological polar surface area (TPSA) is 65.5 Å². The second-order valence-electron chi connectivity index (χ2n) is 15.3. The largest absolute Gasteiger partial charge is 0.460 e. The Hall–Kier alpha value is -1.85. The Kier molecular flexibility index (Phi) is 8.38. The molecule has 0 aromatic carbocycles. The molecular formula is C33H51BNO4. The Morgan fingerprint density at radius 3 is 2.00 bits per heavy atom. The quantitative estimate of drug-likeness (QED) is 0.217. The summed E-state index contributed by atoms with van der Waals surface area (Å²) in [4.78, 5) is 31.9. The molecule has 4 bridgehead atoms. The molecule has 0 N–H and O–H groups in total. The average molecular weight is 537 g/mol. The fourth-order valence-corrected chi connectivity index (χ4v) is 7.45. The predicted molar refractivity (Wildman–Crippen MR) is 156 cm³/mol. The van der Waals surface area contributed by atoms with Gasteiger partial charge in [0.25, 0.3) is 0 Å². The van der Waals surface area contributed by atoms with Crippen LogP contribution >= 0.6 is 0 Å². The lowest BCUT2D eigenvalue weighted by Crippen LogP contribution is -2.54. The van der Waals surface area contributed by atoms with E-state index in [9.17, 15) is 9.59 Å². The van der Waals surface area contributed by atoms with Crippen LogP contribution in [0.1, 0.15) is 119 Å². The third-order valence-corrected chi connectivity index (χ3v) is 10.0. The summed E-state index contributed by atoms with van der Waals surface area (Å²) in [6.45, 7) is 16.0. The average Bonchev–Trinajstić information content (AvgIpc) is 2.84. The number of nitrogens with zero attached hydrogens (tertiary/aromatic N) is 1. The molecule has 39 heavy (non-hydrogen) atoms. The van der Waals surface area contributed by atoms with Crippen LogP contribution in [0.15, 0.2) is 24.4 Å². The van der Waals surface area contributed by atoms with Crippen molar-refractivity contribution in [3.8, 4) is 0 Å². The summed E-state index contributed by atoms with van der Waals surface area (Å²) >= 11 is 0. The van der Waals surface area contributed by atoms with E-state index in [0.29, 0.717) is 36.9 Å². The van der Waals surface area contributed by atoms with Crippen LogP contribution in [-0.2, 0) is 24.4 Å². The molecule has 1 heterocycles. The van der Waals surface area contributed by atoms with Crippen molar-refractivity contribution in [3.63, 3.8) is 0 Å². The van der Waals surface area contributed by atoms with Gasteiger partial charge in [0.1, 0.15) is 18.5 Å². The first-order valence-electron chi connectivity index (χ1n) is 15.3. The van der Waals surface area contributed by atoms with Crippen LogP contribution in [0, 0.1) is 28.6 Å². The van der Waals surface area contributed by atoms with E-state index in [0.717, 1.165) is 31.4 Å². The zero-order chi connectivity index (χ0) is 28.7. The first-order chi connectivity index (χ1) is 18.1. The molecule has 0 amide bonds. The number of hydrogen-bond donors (Lipinski definition) is 0. The Morgan fingerprint density at radius 2 is 1.51 bits per heavy atom. The molecule has 2 unspecified atom stereocenters. The van der Waals surface area contributed by atoms with Crippen molar-refractivity contribution < 1.29 is 19.1 Å². The highest BCUT2D eigenvalue weighted by Gasteiger charge is 2.54. The molecule has 5 nitrogen and oxygen atoms in total. The van der Waals surface area contributed by atoms with Gasteiger partial charge < -0.3 is 9.47 Å². The summed E-state index contributed by atoms with van der Waals surface area (Å²) in [5.41, 5.74) is -1.27. The number of carbonyl (C=O) groups excluding carboxylic acids is 2. The fraction of sp³-hybridized carbons (Fsp3) is 0.788. The van der Waals surface area contributed by atoms with Crippen LogP contribution in [0.5, 0.6) is 0 Å². The van der Waals surface area contributed by atoms with Gasteiger partial charge in [0.2, 0.25) is 0 Å². The Bertz CT molecular complexity index is 997. The molecular weight excluding hydrogens is 485 g/mol.